The first kappa shape index (κ1) is 26.0. The van der Waals surface area contributed by atoms with Crippen molar-refractivity contribution in [2.75, 3.05) is 25.1 Å². The third-order valence-corrected chi connectivity index (χ3v) is 7.05. The number of fused-ring (bicyclic) bond motifs is 1. The van der Waals surface area contributed by atoms with Crippen LogP contribution in [0.15, 0.2) is 36.8 Å². The Morgan fingerprint density at radius 1 is 1.16 bits per heavy atom. The molecular formula is C26H27F4N5O3. The fourth-order valence-corrected chi connectivity index (χ4v) is 5.03. The number of halogens is 4. The number of methoxy groups -OCH3 is 1. The normalized spacial score (nSPS) is 18.3. The molecule has 1 N–H and O–H groups in total. The number of hydrogen-bond donors (Lipinski definition) is 1. The molecule has 1 fully saturated rings. The number of piperidine rings is 1. The van der Waals surface area contributed by atoms with Gasteiger partial charge in [-0.05, 0) is 63.9 Å². The Morgan fingerprint density at radius 2 is 1.92 bits per heavy atom. The maximum absolute atomic E-state index is 14.8. The van der Waals surface area contributed by atoms with Crippen molar-refractivity contribution in [2.24, 2.45) is 0 Å². The molecule has 1 amide bonds. The highest BCUT2D eigenvalue weighted by atomic mass is 19.4. The minimum absolute atomic E-state index is 0.169. The van der Waals surface area contributed by atoms with Gasteiger partial charge in [-0.25, -0.2) is 14.2 Å². The van der Waals surface area contributed by atoms with Gasteiger partial charge < -0.3 is 14.8 Å². The topological polar surface area (TPSA) is 81.5 Å². The number of nitrogens with one attached hydrogen (secondary N) is 1. The number of amides is 1. The molecule has 0 aliphatic carbocycles. The number of pyridine rings is 1. The van der Waals surface area contributed by atoms with Crippen LogP contribution >= 0.6 is 0 Å². The summed E-state index contributed by atoms with van der Waals surface area (Å²) in [6, 6.07) is 3.90. The van der Waals surface area contributed by atoms with E-state index in [1.807, 2.05) is 17.8 Å². The average molecular weight is 534 g/mol. The highest BCUT2D eigenvalue weighted by molar-refractivity contribution is 5.92. The number of rotatable bonds is 4. The molecule has 8 nitrogen and oxygen atoms in total. The number of alkyl halides is 3. The molecule has 0 bridgehead atoms. The number of benzene rings is 1. The van der Waals surface area contributed by atoms with Crippen LogP contribution in [0.2, 0.25) is 0 Å². The molecule has 0 spiro atoms. The van der Waals surface area contributed by atoms with Gasteiger partial charge in [-0.15, -0.1) is 0 Å². The second-order valence-corrected chi connectivity index (χ2v) is 9.47. The van der Waals surface area contributed by atoms with Crippen molar-refractivity contribution in [3.05, 3.63) is 53.7 Å². The molecule has 0 radical (unpaired) electrons. The monoisotopic (exact) mass is 533 g/mol. The zero-order valence-corrected chi connectivity index (χ0v) is 20.9. The first-order chi connectivity index (χ1) is 18.2. The second kappa shape index (κ2) is 10.2. The zero-order chi connectivity index (χ0) is 27.0. The number of hydrogen-bond acceptors (Lipinski definition) is 6. The van der Waals surface area contributed by atoms with E-state index in [4.69, 9.17) is 9.47 Å². The number of carbonyl (C=O) groups excluding carboxylic acids is 1. The maximum atomic E-state index is 14.8. The van der Waals surface area contributed by atoms with Crippen molar-refractivity contribution in [1.29, 1.82) is 0 Å². The summed E-state index contributed by atoms with van der Waals surface area (Å²) in [6.45, 7) is 3.65. The molecule has 38 heavy (non-hydrogen) atoms. The second-order valence-electron chi connectivity index (χ2n) is 9.47. The van der Waals surface area contributed by atoms with E-state index in [-0.39, 0.29) is 17.8 Å². The van der Waals surface area contributed by atoms with Gasteiger partial charge in [0, 0.05) is 35.1 Å². The number of anilines is 1. The summed E-state index contributed by atoms with van der Waals surface area (Å²) in [4.78, 5) is 17.7. The smallest absolute Gasteiger partial charge is 0.417 e. The Labute approximate surface area is 216 Å². The van der Waals surface area contributed by atoms with Gasteiger partial charge >= 0.3 is 12.3 Å². The van der Waals surface area contributed by atoms with E-state index < -0.39 is 29.5 Å². The summed E-state index contributed by atoms with van der Waals surface area (Å²) in [7, 11) is 1.28. The number of ether oxygens (including phenoxy) is 2. The SMILES string of the molecule is COC(=O)N1c2ccc(-c3cnn(C4CCNCC4)c3)c(Oc3ncc(C(F)(F)F)cc3F)c2CC[C@@H]1C. The Kier molecular flexibility index (Phi) is 6.99. The summed E-state index contributed by atoms with van der Waals surface area (Å²) < 4.78 is 66.8. The molecule has 202 valence electrons. The molecule has 1 atom stereocenters. The van der Waals surface area contributed by atoms with Gasteiger partial charge in [0.15, 0.2) is 5.82 Å². The quantitative estimate of drug-likeness (QED) is 0.432. The molecule has 3 aromatic rings. The Morgan fingerprint density at radius 3 is 2.61 bits per heavy atom. The van der Waals surface area contributed by atoms with E-state index in [1.54, 1.807) is 18.3 Å². The van der Waals surface area contributed by atoms with E-state index in [0.29, 0.717) is 47.5 Å². The zero-order valence-electron chi connectivity index (χ0n) is 20.9. The van der Waals surface area contributed by atoms with Gasteiger partial charge in [0.2, 0.25) is 0 Å². The lowest BCUT2D eigenvalue weighted by Crippen LogP contribution is -2.42. The standard InChI is InChI=1S/C26H27F4N5O3/c1-15-3-4-20-22(35(15)25(36)37-2)6-5-19(16-12-33-34(14-16)18-7-9-31-10-8-18)23(20)38-24-21(27)11-17(13-32-24)26(28,29)30/h5-6,11-15,18,31H,3-4,7-10H2,1-2H3/t15-/m0/s1. The van der Waals surface area contributed by atoms with Crippen molar-refractivity contribution in [2.45, 2.75) is 50.9 Å². The molecule has 2 aliphatic heterocycles. The van der Waals surface area contributed by atoms with Crippen molar-refractivity contribution < 1.29 is 31.8 Å². The molecule has 2 aliphatic rings. The van der Waals surface area contributed by atoms with E-state index in [9.17, 15) is 22.4 Å². The van der Waals surface area contributed by atoms with Crippen LogP contribution in [0, 0.1) is 5.82 Å². The minimum atomic E-state index is -4.75. The molecule has 5 rings (SSSR count). The first-order valence-electron chi connectivity index (χ1n) is 12.4. The van der Waals surface area contributed by atoms with Crippen LogP contribution in [0.25, 0.3) is 11.1 Å². The summed E-state index contributed by atoms with van der Waals surface area (Å²) in [5.41, 5.74) is 1.15. The number of nitrogens with zero attached hydrogens (tertiary/aromatic N) is 4. The van der Waals surface area contributed by atoms with Gasteiger partial charge in [0.1, 0.15) is 5.75 Å². The van der Waals surface area contributed by atoms with E-state index >= 15 is 0 Å². The molecule has 4 heterocycles. The van der Waals surface area contributed by atoms with Crippen LogP contribution in [0.4, 0.5) is 28.0 Å². The largest absolute Gasteiger partial charge is 0.452 e. The van der Waals surface area contributed by atoms with Gasteiger partial charge in [0.25, 0.3) is 5.88 Å². The van der Waals surface area contributed by atoms with Crippen molar-refractivity contribution in [3.8, 4) is 22.8 Å². The molecular weight excluding hydrogens is 506 g/mol. The lowest BCUT2D eigenvalue weighted by atomic mass is 9.92. The average Bonchev–Trinajstić information content (AvgIpc) is 3.39. The van der Waals surface area contributed by atoms with Crippen LogP contribution in [0.3, 0.4) is 0 Å². The van der Waals surface area contributed by atoms with Crippen molar-refractivity contribution >= 4 is 11.8 Å². The molecule has 1 aromatic carbocycles. The molecule has 0 unspecified atom stereocenters. The Hall–Kier alpha value is -3.67. The highest BCUT2D eigenvalue weighted by Crippen LogP contribution is 2.45. The lowest BCUT2D eigenvalue weighted by molar-refractivity contribution is -0.138. The van der Waals surface area contributed by atoms with E-state index in [0.717, 1.165) is 25.9 Å². The Bertz CT molecular complexity index is 1340. The summed E-state index contributed by atoms with van der Waals surface area (Å²) in [6.07, 6.45) is 1.67. The van der Waals surface area contributed by atoms with Crippen molar-refractivity contribution in [1.82, 2.24) is 20.1 Å². The maximum Gasteiger partial charge on any atom is 0.417 e. The van der Waals surface area contributed by atoms with Crippen LogP contribution < -0.4 is 15.0 Å². The van der Waals surface area contributed by atoms with Gasteiger partial charge in [-0.1, -0.05) is 0 Å². The number of carbonyl (C=O) groups is 1. The van der Waals surface area contributed by atoms with E-state index in [2.05, 4.69) is 15.4 Å². The predicted octanol–water partition coefficient (Wildman–Crippen LogP) is 5.73. The lowest BCUT2D eigenvalue weighted by Gasteiger charge is -2.35. The Balaban J connectivity index is 1.61. The summed E-state index contributed by atoms with van der Waals surface area (Å²) in [5, 5.41) is 7.85. The van der Waals surface area contributed by atoms with E-state index in [1.165, 1.54) is 12.0 Å². The van der Waals surface area contributed by atoms with Gasteiger partial charge in [-0.2, -0.15) is 18.3 Å². The number of aromatic nitrogens is 3. The summed E-state index contributed by atoms with van der Waals surface area (Å²) >= 11 is 0. The summed E-state index contributed by atoms with van der Waals surface area (Å²) in [5.74, 6) is -1.64. The minimum Gasteiger partial charge on any atom is -0.452 e. The third kappa shape index (κ3) is 4.92. The fraction of sp³-hybridized carbons (Fsp3) is 0.423. The van der Waals surface area contributed by atoms with Gasteiger partial charge in [-0.3, -0.25) is 9.58 Å². The van der Waals surface area contributed by atoms with Crippen LogP contribution in [0.5, 0.6) is 11.6 Å². The van der Waals surface area contributed by atoms with Crippen LogP contribution in [-0.4, -0.2) is 47.1 Å². The molecule has 1 saturated heterocycles. The molecule has 0 saturated carbocycles. The first-order valence-corrected chi connectivity index (χ1v) is 12.4. The fourth-order valence-electron chi connectivity index (χ4n) is 5.03. The third-order valence-electron chi connectivity index (χ3n) is 7.05. The van der Waals surface area contributed by atoms with Crippen LogP contribution in [-0.2, 0) is 17.3 Å². The van der Waals surface area contributed by atoms with Crippen molar-refractivity contribution in [3.63, 3.8) is 0 Å². The van der Waals surface area contributed by atoms with Crippen LogP contribution in [0.1, 0.15) is 43.4 Å². The predicted molar refractivity (Wildman–Crippen MR) is 131 cm³/mol. The molecule has 12 heteroatoms. The highest BCUT2D eigenvalue weighted by Gasteiger charge is 2.34. The molecule has 2 aromatic heterocycles. The van der Waals surface area contributed by atoms with Gasteiger partial charge in [0.05, 0.1) is 30.6 Å².